The molecule has 0 saturated heterocycles. The molecule has 6 nitrogen and oxygen atoms in total. The van der Waals surface area contributed by atoms with E-state index in [0.29, 0.717) is 19.3 Å². The van der Waals surface area contributed by atoms with Crippen LogP contribution in [0.1, 0.15) is 25.7 Å². The normalized spacial score (nSPS) is 13.7. The van der Waals surface area contributed by atoms with E-state index in [2.05, 4.69) is 20.3 Å². The van der Waals surface area contributed by atoms with Gasteiger partial charge in [-0.15, -0.1) is 6.42 Å². The second-order valence-corrected chi connectivity index (χ2v) is 4.84. The van der Waals surface area contributed by atoms with Gasteiger partial charge in [0.05, 0.1) is 13.2 Å². The van der Waals surface area contributed by atoms with Crippen LogP contribution in [0, 0.1) is 12.3 Å². The van der Waals surface area contributed by atoms with Gasteiger partial charge in [0.2, 0.25) is 5.91 Å². The summed E-state index contributed by atoms with van der Waals surface area (Å²) < 4.78 is 19.7. The van der Waals surface area contributed by atoms with Crippen molar-refractivity contribution in [3.05, 3.63) is 0 Å². The number of hydrogen-bond donors (Lipinski definition) is 2. The molecule has 0 radical (unpaired) electrons. The van der Waals surface area contributed by atoms with E-state index in [4.69, 9.17) is 11.3 Å². The molecule has 0 fully saturated rings. The monoisotopic (exact) mass is 263 g/mol. The van der Waals surface area contributed by atoms with Gasteiger partial charge < -0.3 is 10.2 Å². The molecule has 1 unspecified atom stereocenters. The summed E-state index contributed by atoms with van der Waals surface area (Å²) in [6.07, 6.45) is 7.38. The summed E-state index contributed by atoms with van der Waals surface area (Å²) in [5.41, 5.74) is 0. The highest BCUT2D eigenvalue weighted by molar-refractivity contribution is 7.47. The molecule has 0 aliphatic rings. The Bertz CT molecular complexity index is 312. The van der Waals surface area contributed by atoms with Crippen LogP contribution in [0.4, 0.5) is 0 Å². The smallest absolute Gasteiger partial charge is 0.345 e. The SMILES string of the molecule is C#CCNC(=O)CCCCCOP(=O)(O)OC. The average molecular weight is 263 g/mol. The molecular weight excluding hydrogens is 245 g/mol. The molecule has 0 aromatic carbocycles. The Morgan fingerprint density at radius 2 is 2.18 bits per heavy atom. The first kappa shape index (κ1) is 16.1. The average Bonchev–Trinajstić information content (AvgIpc) is 2.31. The Hall–Kier alpha value is -0.860. The third kappa shape index (κ3) is 10.0. The van der Waals surface area contributed by atoms with Crippen molar-refractivity contribution in [3.8, 4) is 12.3 Å². The van der Waals surface area contributed by atoms with E-state index in [-0.39, 0.29) is 19.1 Å². The van der Waals surface area contributed by atoms with Crippen LogP contribution in [0.15, 0.2) is 0 Å². The number of unbranched alkanes of at least 4 members (excludes halogenated alkanes) is 2. The maximum Gasteiger partial charge on any atom is 0.471 e. The third-order valence-corrected chi connectivity index (χ3v) is 2.89. The molecule has 0 spiro atoms. The summed E-state index contributed by atoms with van der Waals surface area (Å²) in [6.45, 7) is 0.372. The first-order valence-corrected chi connectivity index (χ1v) is 6.74. The van der Waals surface area contributed by atoms with Crippen LogP contribution in [-0.2, 0) is 18.4 Å². The number of rotatable bonds is 9. The van der Waals surface area contributed by atoms with Crippen LogP contribution in [0.3, 0.4) is 0 Å². The fourth-order valence-electron chi connectivity index (χ4n) is 1.04. The van der Waals surface area contributed by atoms with Crippen molar-refractivity contribution >= 4 is 13.7 Å². The molecule has 2 N–H and O–H groups in total. The van der Waals surface area contributed by atoms with Gasteiger partial charge in [0.15, 0.2) is 0 Å². The second kappa shape index (κ2) is 9.20. The van der Waals surface area contributed by atoms with Crippen LogP contribution >= 0.6 is 7.82 Å². The zero-order chi connectivity index (χ0) is 13.1. The van der Waals surface area contributed by atoms with Crippen LogP contribution in [0.5, 0.6) is 0 Å². The molecule has 17 heavy (non-hydrogen) atoms. The van der Waals surface area contributed by atoms with E-state index in [1.165, 1.54) is 0 Å². The Morgan fingerprint density at radius 3 is 2.76 bits per heavy atom. The molecule has 7 heteroatoms. The maximum absolute atomic E-state index is 11.1. The fourth-order valence-corrected chi connectivity index (χ4v) is 1.50. The molecule has 1 atom stereocenters. The summed E-state index contributed by atoms with van der Waals surface area (Å²) in [7, 11) is -2.75. The summed E-state index contributed by atoms with van der Waals surface area (Å²) in [5.74, 6) is 2.22. The maximum atomic E-state index is 11.1. The van der Waals surface area contributed by atoms with Crippen LogP contribution in [0.2, 0.25) is 0 Å². The molecule has 98 valence electrons. The molecule has 0 saturated carbocycles. The van der Waals surface area contributed by atoms with Gasteiger partial charge in [0.25, 0.3) is 0 Å². The van der Waals surface area contributed by atoms with E-state index in [1.807, 2.05) is 0 Å². The Kier molecular flexibility index (Phi) is 8.73. The molecule has 0 aromatic heterocycles. The van der Waals surface area contributed by atoms with Gasteiger partial charge in [-0.05, 0) is 12.8 Å². The van der Waals surface area contributed by atoms with Crippen molar-refractivity contribution in [2.45, 2.75) is 25.7 Å². The molecule has 0 aliphatic carbocycles. The van der Waals surface area contributed by atoms with Crippen molar-refractivity contribution in [2.24, 2.45) is 0 Å². The van der Waals surface area contributed by atoms with Crippen molar-refractivity contribution in [3.63, 3.8) is 0 Å². The van der Waals surface area contributed by atoms with Crippen molar-refractivity contribution in [1.82, 2.24) is 5.32 Å². The minimum atomic E-state index is -3.86. The predicted octanol–water partition coefficient (Wildman–Crippen LogP) is 1.06. The quantitative estimate of drug-likeness (QED) is 0.369. The largest absolute Gasteiger partial charge is 0.471 e. The molecule has 0 rings (SSSR count). The van der Waals surface area contributed by atoms with Crippen LogP contribution < -0.4 is 5.32 Å². The van der Waals surface area contributed by atoms with Gasteiger partial charge in [-0.25, -0.2) is 4.57 Å². The van der Waals surface area contributed by atoms with Gasteiger partial charge in [0.1, 0.15) is 0 Å². The van der Waals surface area contributed by atoms with E-state index in [0.717, 1.165) is 13.5 Å². The highest BCUT2D eigenvalue weighted by Gasteiger charge is 2.17. The third-order valence-electron chi connectivity index (χ3n) is 1.92. The highest BCUT2D eigenvalue weighted by Crippen LogP contribution is 2.41. The van der Waals surface area contributed by atoms with Crippen molar-refractivity contribution in [1.29, 1.82) is 0 Å². The number of carbonyl (C=O) groups is 1. The lowest BCUT2D eigenvalue weighted by atomic mass is 10.2. The van der Waals surface area contributed by atoms with E-state index in [9.17, 15) is 9.36 Å². The van der Waals surface area contributed by atoms with Crippen LogP contribution in [0.25, 0.3) is 0 Å². The minimum Gasteiger partial charge on any atom is -0.345 e. The van der Waals surface area contributed by atoms with Gasteiger partial charge >= 0.3 is 7.82 Å². The predicted molar refractivity (Wildman–Crippen MR) is 63.1 cm³/mol. The highest BCUT2D eigenvalue weighted by atomic mass is 31.2. The first-order valence-electron chi connectivity index (χ1n) is 5.25. The lowest BCUT2D eigenvalue weighted by molar-refractivity contribution is -0.120. The topological polar surface area (TPSA) is 84.9 Å². The van der Waals surface area contributed by atoms with Crippen LogP contribution in [-0.4, -0.2) is 31.1 Å². The summed E-state index contributed by atoms with van der Waals surface area (Å²) in [5, 5.41) is 2.55. The first-order chi connectivity index (χ1) is 8.02. The van der Waals surface area contributed by atoms with Crippen molar-refractivity contribution < 1.29 is 23.3 Å². The minimum absolute atomic E-state index is 0.0893. The van der Waals surface area contributed by atoms with Gasteiger partial charge in [-0.3, -0.25) is 13.8 Å². The second-order valence-electron chi connectivity index (χ2n) is 3.28. The Morgan fingerprint density at radius 1 is 1.47 bits per heavy atom. The lowest BCUT2D eigenvalue weighted by Gasteiger charge is -2.08. The van der Waals surface area contributed by atoms with E-state index < -0.39 is 7.82 Å². The van der Waals surface area contributed by atoms with Gasteiger partial charge in [-0.2, -0.15) is 0 Å². The number of terminal acetylenes is 1. The van der Waals surface area contributed by atoms with E-state index in [1.54, 1.807) is 0 Å². The zero-order valence-corrected chi connectivity index (χ0v) is 10.7. The number of nitrogens with one attached hydrogen (secondary N) is 1. The molecule has 0 aromatic rings. The number of phosphoric acid groups is 1. The summed E-state index contributed by atoms with van der Waals surface area (Å²) in [4.78, 5) is 20.0. The van der Waals surface area contributed by atoms with Gasteiger partial charge in [-0.1, -0.05) is 12.3 Å². The molecular formula is C10H18NO5P. The molecule has 0 aliphatic heterocycles. The summed E-state index contributed by atoms with van der Waals surface area (Å²) >= 11 is 0. The van der Waals surface area contributed by atoms with E-state index >= 15 is 0 Å². The van der Waals surface area contributed by atoms with Crippen molar-refractivity contribution in [2.75, 3.05) is 20.3 Å². The molecule has 0 bridgehead atoms. The molecule has 1 amide bonds. The fraction of sp³-hybridized carbons (Fsp3) is 0.700. The lowest BCUT2D eigenvalue weighted by Crippen LogP contribution is -2.22. The Balaban J connectivity index is 3.39. The summed E-state index contributed by atoms with van der Waals surface area (Å²) in [6, 6.07) is 0. The van der Waals surface area contributed by atoms with Gasteiger partial charge in [0, 0.05) is 13.5 Å². The number of phosphoric ester groups is 1. The molecule has 0 heterocycles. The Labute approximate surface area is 101 Å². The number of amides is 1. The number of hydrogen-bond acceptors (Lipinski definition) is 4. The zero-order valence-electron chi connectivity index (χ0n) is 9.85. The number of carbonyl (C=O) groups excluding carboxylic acids is 1. The standard InChI is InChI=1S/C10H18NO5P/c1-3-8-11-10(12)7-5-4-6-9-16-17(13,14)15-2/h1H,4-9H2,2H3,(H,11,12)(H,13,14).